The minimum absolute atomic E-state index is 0.103. The number of phenolic OH excluding ortho intramolecular Hbond substituents is 1. The number of hydrogen-bond acceptors (Lipinski definition) is 4. The Labute approximate surface area is 126 Å². The molecule has 0 bridgehead atoms. The van der Waals surface area contributed by atoms with Gasteiger partial charge in [0.15, 0.2) is 17.1 Å². The van der Waals surface area contributed by atoms with E-state index in [0.717, 1.165) is 5.56 Å². The Balaban J connectivity index is 1.90. The molecule has 5 heteroatoms. The molecule has 0 unspecified atom stereocenters. The van der Waals surface area contributed by atoms with Crippen molar-refractivity contribution < 1.29 is 14.3 Å². The predicted octanol–water partition coefficient (Wildman–Crippen LogP) is 4.37. The zero-order valence-corrected chi connectivity index (χ0v) is 12.0. The number of oxazole rings is 1. The van der Waals surface area contributed by atoms with Gasteiger partial charge in [-0.1, -0.05) is 17.7 Å². The number of ether oxygens (including phenoxy) is 1. The molecule has 0 aliphatic heterocycles. The molecule has 0 saturated carbocycles. The first-order valence-electron chi connectivity index (χ1n) is 6.27. The van der Waals surface area contributed by atoms with Crippen molar-refractivity contribution in [2.24, 2.45) is 0 Å². The SMILES string of the molecule is COc1cc(/C=C/c2nc3cc(Cl)ccc3o2)ccc1O. The van der Waals surface area contributed by atoms with Crippen molar-refractivity contribution in [1.82, 2.24) is 4.98 Å². The molecule has 1 aromatic heterocycles. The van der Waals surface area contributed by atoms with E-state index in [1.807, 2.05) is 6.08 Å². The van der Waals surface area contributed by atoms with E-state index in [-0.39, 0.29) is 5.75 Å². The number of fused-ring (bicyclic) bond motifs is 1. The summed E-state index contributed by atoms with van der Waals surface area (Å²) in [7, 11) is 1.51. The van der Waals surface area contributed by atoms with Gasteiger partial charge in [0.25, 0.3) is 0 Å². The highest BCUT2D eigenvalue weighted by Gasteiger charge is 2.04. The Morgan fingerprint density at radius 1 is 1.19 bits per heavy atom. The minimum atomic E-state index is 0.103. The van der Waals surface area contributed by atoms with Crippen LogP contribution in [-0.2, 0) is 0 Å². The van der Waals surface area contributed by atoms with Gasteiger partial charge in [0.1, 0.15) is 5.52 Å². The van der Waals surface area contributed by atoms with E-state index in [0.29, 0.717) is 27.8 Å². The van der Waals surface area contributed by atoms with Gasteiger partial charge in [-0.05, 0) is 42.0 Å². The number of halogens is 1. The Hall–Kier alpha value is -2.46. The Morgan fingerprint density at radius 3 is 2.86 bits per heavy atom. The maximum Gasteiger partial charge on any atom is 0.220 e. The molecule has 1 heterocycles. The molecular formula is C16H12ClNO3. The zero-order valence-electron chi connectivity index (χ0n) is 11.2. The molecular weight excluding hydrogens is 290 g/mol. The zero-order chi connectivity index (χ0) is 14.8. The van der Waals surface area contributed by atoms with E-state index in [1.165, 1.54) is 7.11 Å². The summed E-state index contributed by atoms with van der Waals surface area (Å²) in [6.45, 7) is 0. The number of aromatic nitrogens is 1. The summed E-state index contributed by atoms with van der Waals surface area (Å²) < 4.78 is 10.6. The topological polar surface area (TPSA) is 55.5 Å². The van der Waals surface area contributed by atoms with Gasteiger partial charge in [-0.3, -0.25) is 0 Å². The summed E-state index contributed by atoms with van der Waals surface area (Å²) in [5, 5.41) is 10.2. The van der Waals surface area contributed by atoms with Gasteiger partial charge in [0.05, 0.1) is 7.11 Å². The van der Waals surface area contributed by atoms with Gasteiger partial charge in [-0.2, -0.15) is 0 Å². The number of methoxy groups -OCH3 is 1. The molecule has 0 aliphatic rings. The molecule has 0 aliphatic carbocycles. The third kappa shape index (κ3) is 2.85. The Kier molecular flexibility index (Phi) is 3.54. The van der Waals surface area contributed by atoms with Crippen molar-refractivity contribution in [3.8, 4) is 11.5 Å². The van der Waals surface area contributed by atoms with Crippen LogP contribution in [0.2, 0.25) is 5.02 Å². The molecule has 0 atom stereocenters. The molecule has 0 saturated heterocycles. The summed E-state index contributed by atoms with van der Waals surface area (Å²) in [6, 6.07) is 10.4. The molecule has 0 fully saturated rings. The van der Waals surface area contributed by atoms with Crippen LogP contribution < -0.4 is 4.74 Å². The molecule has 4 nitrogen and oxygen atoms in total. The number of aromatic hydroxyl groups is 1. The number of benzene rings is 2. The number of hydrogen-bond donors (Lipinski definition) is 1. The normalized spacial score (nSPS) is 11.3. The van der Waals surface area contributed by atoms with E-state index in [2.05, 4.69) is 4.98 Å². The van der Waals surface area contributed by atoms with Crippen molar-refractivity contribution in [3.63, 3.8) is 0 Å². The average Bonchev–Trinajstić information content (AvgIpc) is 2.88. The van der Waals surface area contributed by atoms with Gasteiger partial charge in [-0.15, -0.1) is 0 Å². The fourth-order valence-electron chi connectivity index (χ4n) is 1.96. The second-order valence-electron chi connectivity index (χ2n) is 4.43. The fourth-order valence-corrected chi connectivity index (χ4v) is 2.12. The van der Waals surface area contributed by atoms with Crippen molar-refractivity contribution in [2.45, 2.75) is 0 Å². The average molecular weight is 302 g/mol. The second-order valence-corrected chi connectivity index (χ2v) is 4.87. The van der Waals surface area contributed by atoms with E-state index >= 15 is 0 Å². The highest BCUT2D eigenvalue weighted by Crippen LogP contribution is 2.27. The second kappa shape index (κ2) is 5.50. The molecule has 2 aromatic carbocycles. The maximum atomic E-state index is 9.55. The maximum absolute atomic E-state index is 9.55. The van der Waals surface area contributed by atoms with Gasteiger partial charge < -0.3 is 14.3 Å². The molecule has 3 rings (SSSR count). The lowest BCUT2D eigenvalue weighted by atomic mass is 10.2. The van der Waals surface area contributed by atoms with Crippen LogP contribution in [0.1, 0.15) is 11.5 Å². The minimum Gasteiger partial charge on any atom is -0.504 e. The summed E-state index contributed by atoms with van der Waals surface area (Å²) >= 11 is 5.91. The van der Waals surface area contributed by atoms with Crippen LogP contribution in [0.15, 0.2) is 40.8 Å². The summed E-state index contributed by atoms with van der Waals surface area (Å²) in [6.07, 6.45) is 3.58. The molecule has 1 N–H and O–H groups in total. The van der Waals surface area contributed by atoms with Gasteiger partial charge in [0, 0.05) is 11.1 Å². The Bertz CT molecular complexity index is 824. The monoisotopic (exact) mass is 301 g/mol. The molecule has 0 spiro atoms. The number of nitrogens with zero attached hydrogens (tertiary/aromatic N) is 1. The number of phenols is 1. The standard InChI is InChI=1S/C16H12ClNO3/c1-20-15-8-10(2-5-13(15)19)3-7-16-18-12-9-11(17)4-6-14(12)21-16/h2-9,19H,1H3/b7-3+. The Morgan fingerprint density at radius 2 is 2.05 bits per heavy atom. The summed E-state index contributed by atoms with van der Waals surface area (Å²) in [4.78, 5) is 4.33. The first kappa shape index (κ1) is 13.5. The van der Waals surface area contributed by atoms with Gasteiger partial charge in [0.2, 0.25) is 5.89 Å². The summed E-state index contributed by atoms with van der Waals surface area (Å²) in [5.74, 6) is 1.01. The number of rotatable bonds is 3. The fraction of sp³-hybridized carbons (Fsp3) is 0.0625. The molecule has 21 heavy (non-hydrogen) atoms. The van der Waals surface area contributed by atoms with Crippen LogP contribution in [0.3, 0.4) is 0 Å². The van der Waals surface area contributed by atoms with Gasteiger partial charge >= 0.3 is 0 Å². The highest BCUT2D eigenvalue weighted by molar-refractivity contribution is 6.31. The van der Waals surface area contributed by atoms with Crippen molar-refractivity contribution >= 4 is 34.9 Å². The largest absolute Gasteiger partial charge is 0.504 e. The molecule has 0 radical (unpaired) electrons. The van der Waals surface area contributed by atoms with Crippen LogP contribution in [0.5, 0.6) is 11.5 Å². The van der Waals surface area contributed by atoms with E-state index < -0.39 is 0 Å². The third-order valence-electron chi connectivity index (χ3n) is 2.99. The smallest absolute Gasteiger partial charge is 0.220 e. The quantitative estimate of drug-likeness (QED) is 0.780. The lowest BCUT2D eigenvalue weighted by Crippen LogP contribution is -1.84. The van der Waals surface area contributed by atoms with Crippen LogP contribution in [0, 0.1) is 0 Å². The summed E-state index contributed by atoms with van der Waals surface area (Å²) in [5.41, 5.74) is 2.26. The predicted molar refractivity (Wildman–Crippen MR) is 82.6 cm³/mol. The van der Waals surface area contributed by atoms with Crippen molar-refractivity contribution in [3.05, 3.63) is 52.9 Å². The van der Waals surface area contributed by atoms with Crippen molar-refractivity contribution in [1.29, 1.82) is 0 Å². The lowest BCUT2D eigenvalue weighted by molar-refractivity contribution is 0.373. The highest BCUT2D eigenvalue weighted by atomic mass is 35.5. The van der Waals surface area contributed by atoms with Crippen LogP contribution in [0.4, 0.5) is 0 Å². The van der Waals surface area contributed by atoms with E-state index in [4.69, 9.17) is 20.8 Å². The molecule has 106 valence electrons. The third-order valence-corrected chi connectivity index (χ3v) is 3.22. The van der Waals surface area contributed by atoms with Crippen LogP contribution in [-0.4, -0.2) is 17.2 Å². The molecule has 0 amide bonds. The lowest BCUT2D eigenvalue weighted by Gasteiger charge is -2.03. The molecule has 3 aromatic rings. The van der Waals surface area contributed by atoms with E-state index in [9.17, 15) is 5.11 Å². The first-order valence-corrected chi connectivity index (χ1v) is 6.65. The first-order chi connectivity index (χ1) is 10.2. The van der Waals surface area contributed by atoms with E-state index in [1.54, 1.807) is 42.5 Å². The van der Waals surface area contributed by atoms with Crippen LogP contribution in [0.25, 0.3) is 23.3 Å². The van der Waals surface area contributed by atoms with Crippen molar-refractivity contribution in [2.75, 3.05) is 7.11 Å². The van der Waals surface area contributed by atoms with Gasteiger partial charge in [-0.25, -0.2) is 4.98 Å². The van der Waals surface area contributed by atoms with Crippen LogP contribution >= 0.6 is 11.6 Å².